The standard InChI is InChI=1S/C14H20N2O3/c1-18-12-6-4-11(5-7-12)16-14(17)15-9-8-13-3-2-10-19-13/h4-7,13H,2-3,8-10H2,1H3,(H2,15,16,17). The lowest BCUT2D eigenvalue weighted by Crippen LogP contribution is -2.31. The summed E-state index contributed by atoms with van der Waals surface area (Å²) in [7, 11) is 1.61. The van der Waals surface area contributed by atoms with Gasteiger partial charge in [-0.2, -0.15) is 0 Å². The number of rotatable bonds is 5. The van der Waals surface area contributed by atoms with Gasteiger partial charge in [0.2, 0.25) is 0 Å². The minimum absolute atomic E-state index is 0.192. The Balaban J connectivity index is 1.68. The van der Waals surface area contributed by atoms with Crippen LogP contribution in [0.15, 0.2) is 24.3 Å². The van der Waals surface area contributed by atoms with E-state index in [-0.39, 0.29) is 6.03 Å². The third-order valence-corrected chi connectivity index (χ3v) is 3.12. The molecule has 2 amide bonds. The molecule has 1 aliphatic heterocycles. The molecule has 5 nitrogen and oxygen atoms in total. The van der Waals surface area contributed by atoms with Crippen LogP contribution in [-0.2, 0) is 4.74 Å². The third kappa shape index (κ3) is 4.44. The summed E-state index contributed by atoms with van der Waals surface area (Å²) in [5.74, 6) is 0.768. The third-order valence-electron chi connectivity index (χ3n) is 3.12. The van der Waals surface area contributed by atoms with Crippen LogP contribution in [0.2, 0.25) is 0 Å². The van der Waals surface area contributed by atoms with Gasteiger partial charge < -0.3 is 20.1 Å². The summed E-state index contributed by atoms with van der Waals surface area (Å²) in [6.45, 7) is 1.48. The maximum atomic E-state index is 11.6. The molecule has 19 heavy (non-hydrogen) atoms. The number of hydrogen-bond acceptors (Lipinski definition) is 3. The van der Waals surface area contributed by atoms with Gasteiger partial charge in [0.15, 0.2) is 0 Å². The van der Waals surface area contributed by atoms with Crippen molar-refractivity contribution in [3.8, 4) is 5.75 Å². The molecule has 1 heterocycles. The molecular formula is C14H20N2O3. The number of carbonyl (C=O) groups excluding carboxylic acids is 1. The number of hydrogen-bond donors (Lipinski definition) is 2. The zero-order chi connectivity index (χ0) is 13.5. The molecule has 0 spiro atoms. The van der Waals surface area contributed by atoms with Gasteiger partial charge in [-0.1, -0.05) is 0 Å². The Morgan fingerprint density at radius 1 is 1.42 bits per heavy atom. The van der Waals surface area contributed by atoms with Gasteiger partial charge in [-0.05, 0) is 43.5 Å². The fourth-order valence-electron chi connectivity index (χ4n) is 2.07. The monoisotopic (exact) mass is 264 g/mol. The molecule has 2 rings (SSSR count). The smallest absolute Gasteiger partial charge is 0.319 e. The first kappa shape index (κ1) is 13.7. The lowest BCUT2D eigenvalue weighted by Gasteiger charge is -2.11. The van der Waals surface area contributed by atoms with E-state index in [1.54, 1.807) is 19.2 Å². The highest BCUT2D eigenvalue weighted by Crippen LogP contribution is 2.15. The molecule has 1 fully saturated rings. The number of anilines is 1. The van der Waals surface area contributed by atoms with Gasteiger partial charge >= 0.3 is 6.03 Å². The van der Waals surface area contributed by atoms with Gasteiger partial charge in [-0.15, -0.1) is 0 Å². The van der Waals surface area contributed by atoms with E-state index in [0.717, 1.165) is 37.3 Å². The molecule has 1 unspecified atom stereocenters. The maximum absolute atomic E-state index is 11.6. The SMILES string of the molecule is COc1ccc(NC(=O)NCCC2CCCO2)cc1. The Bertz CT molecular complexity index is 400. The number of nitrogens with one attached hydrogen (secondary N) is 2. The molecule has 104 valence electrons. The second kappa shape index (κ2) is 6.99. The second-order valence-electron chi connectivity index (χ2n) is 4.53. The number of carbonyl (C=O) groups is 1. The van der Waals surface area contributed by atoms with Gasteiger partial charge in [0.05, 0.1) is 13.2 Å². The molecule has 0 aromatic heterocycles. The van der Waals surface area contributed by atoms with Crippen molar-refractivity contribution < 1.29 is 14.3 Å². The van der Waals surface area contributed by atoms with Crippen molar-refractivity contribution in [3.05, 3.63) is 24.3 Å². The van der Waals surface area contributed by atoms with E-state index in [9.17, 15) is 4.79 Å². The van der Waals surface area contributed by atoms with E-state index < -0.39 is 0 Å². The molecule has 1 aromatic rings. The topological polar surface area (TPSA) is 59.6 Å². The fourth-order valence-corrected chi connectivity index (χ4v) is 2.07. The maximum Gasteiger partial charge on any atom is 0.319 e. The Hall–Kier alpha value is -1.75. The van der Waals surface area contributed by atoms with Crippen LogP contribution in [0.3, 0.4) is 0 Å². The van der Waals surface area contributed by atoms with Crippen molar-refractivity contribution >= 4 is 11.7 Å². The van der Waals surface area contributed by atoms with Crippen LogP contribution >= 0.6 is 0 Å². The van der Waals surface area contributed by atoms with Crippen molar-refractivity contribution in [1.29, 1.82) is 0 Å². The first-order chi connectivity index (χ1) is 9.28. The first-order valence-corrected chi connectivity index (χ1v) is 6.58. The minimum atomic E-state index is -0.192. The van der Waals surface area contributed by atoms with E-state index in [1.165, 1.54) is 0 Å². The molecule has 0 bridgehead atoms. The molecule has 1 aliphatic rings. The summed E-state index contributed by atoms with van der Waals surface area (Å²) in [5, 5.41) is 5.60. The average Bonchev–Trinajstić information content (AvgIpc) is 2.93. The summed E-state index contributed by atoms with van der Waals surface area (Å²) < 4.78 is 10.5. The lowest BCUT2D eigenvalue weighted by molar-refractivity contribution is 0.105. The van der Waals surface area contributed by atoms with Crippen LogP contribution in [0.5, 0.6) is 5.75 Å². The summed E-state index contributed by atoms with van der Waals surface area (Å²) in [6.07, 6.45) is 3.40. The zero-order valence-electron chi connectivity index (χ0n) is 11.1. The van der Waals surface area contributed by atoms with Crippen LogP contribution < -0.4 is 15.4 Å². The first-order valence-electron chi connectivity index (χ1n) is 6.58. The van der Waals surface area contributed by atoms with Crippen LogP contribution in [0.4, 0.5) is 10.5 Å². The van der Waals surface area contributed by atoms with Crippen molar-refractivity contribution in [2.24, 2.45) is 0 Å². The van der Waals surface area contributed by atoms with E-state index in [0.29, 0.717) is 12.6 Å². The zero-order valence-corrected chi connectivity index (χ0v) is 11.1. The normalized spacial score (nSPS) is 18.1. The van der Waals surface area contributed by atoms with Gasteiger partial charge in [0.1, 0.15) is 5.75 Å². The van der Waals surface area contributed by atoms with Crippen LogP contribution in [0, 0.1) is 0 Å². The van der Waals surface area contributed by atoms with E-state index >= 15 is 0 Å². The number of amides is 2. The quantitative estimate of drug-likeness (QED) is 0.858. The summed E-state index contributed by atoms with van der Waals surface area (Å²) in [4.78, 5) is 11.6. The van der Waals surface area contributed by atoms with E-state index in [1.807, 2.05) is 12.1 Å². The predicted octanol–water partition coefficient (Wildman–Crippen LogP) is 2.39. The number of ether oxygens (including phenoxy) is 2. The molecule has 5 heteroatoms. The van der Waals surface area contributed by atoms with Crippen LogP contribution in [0.1, 0.15) is 19.3 Å². The van der Waals surface area contributed by atoms with Crippen LogP contribution in [0.25, 0.3) is 0 Å². The lowest BCUT2D eigenvalue weighted by atomic mass is 10.2. The van der Waals surface area contributed by atoms with Gasteiger partial charge in [0, 0.05) is 18.8 Å². The second-order valence-corrected chi connectivity index (χ2v) is 4.53. The molecule has 0 aliphatic carbocycles. The highest BCUT2D eigenvalue weighted by atomic mass is 16.5. The molecule has 0 saturated carbocycles. The Kier molecular flexibility index (Phi) is 5.03. The summed E-state index contributed by atoms with van der Waals surface area (Å²) in [6, 6.07) is 7.03. The van der Waals surface area contributed by atoms with Crippen molar-refractivity contribution in [2.75, 3.05) is 25.6 Å². The van der Waals surface area contributed by atoms with E-state index in [4.69, 9.17) is 9.47 Å². The highest BCUT2D eigenvalue weighted by molar-refractivity contribution is 5.89. The van der Waals surface area contributed by atoms with Gasteiger partial charge in [0.25, 0.3) is 0 Å². The molecular weight excluding hydrogens is 244 g/mol. The predicted molar refractivity (Wildman–Crippen MR) is 73.6 cm³/mol. The molecule has 2 N–H and O–H groups in total. The highest BCUT2D eigenvalue weighted by Gasteiger charge is 2.15. The van der Waals surface area contributed by atoms with Crippen molar-refractivity contribution in [3.63, 3.8) is 0 Å². The molecule has 0 radical (unpaired) electrons. The van der Waals surface area contributed by atoms with Gasteiger partial charge in [-0.25, -0.2) is 4.79 Å². The average molecular weight is 264 g/mol. The largest absolute Gasteiger partial charge is 0.497 e. The number of methoxy groups -OCH3 is 1. The molecule has 1 aromatic carbocycles. The van der Waals surface area contributed by atoms with Gasteiger partial charge in [-0.3, -0.25) is 0 Å². The minimum Gasteiger partial charge on any atom is -0.497 e. The van der Waals surface area contributed by atoms with Crippen molar-refractivity contribution in [1.82, 2.24) is 5.32 Å². The van der Waals surface area contributed by atoms with Crippen molar-refractivity contribution in [2.45, 2.75) is 25.4 Å². The Labute approximate surface area is 113 Å². The molecule has 1 atom stereocenters. The fraction of sp³-hybridized carbons (Fsp3) is 0.500. The Morgan fingerprint density at radius 3 is 2.84 bits per heavy atom. The number of benzene rings is 1. The molecule has 1 saturated heterocycles. The van der Waals surface area contributed by atoms with E-state index in [2.05, 4.69) is 10.6 Å². The Morgan fingerprint density at radius 2 is 2.21 bits per heavy atom. The summed E-state index contributed by atoms with van der Waals surface area (Å²) in [5.41, 5.74) is 0.746. The summed E-state index contributed by atoms with van der Waals surface area (Å²) >= 11 is 0. The van der Waals surface area contributed by atoms with Crippen LogP contribution in [-0.4, -0.2) is 32.4 Å². The number of urea groups is 1.